The lowest BCUT2D eigenvalue weighted by atomic mass is 10.2. The summed E-state index contributed by atoms with van der Waals surface area (Å²) in [7, 11) is 0. The van der Waals surface area contributed by atoms with E-state index in [0.29, 0.717) is 17.9 Å². The van der Waals surface area contributed by atoms with E-state index in [1.54, 1.807) is 12.4 Å². The highest BCUT2D eigenvalue weighted by molar-refractivity contribution is 9.11. The number of hydrogen-bond donors (Lipinski definition) is 3. The van der Waals surface area contributed by atoms with Crippen molar-refractivity contribution < 1.29 is 0 Å². The third-order valence-electron chi connectivity index (χ3n) is 2.89. The molecule has 0 unspecified atom stereocenters. The van der Waals surface area contributed by atoms with Crippen LogP contribution in [0.25, 0.3) is 5.65 Å². The molecule has 3 rings (SSSR count). The zero-order valence-electron chi connectivity index (χ0n) is 11.4. The van der Waals surface area contributed by atoms with Crippen molar-refractivity contribution in [2.45, 2.75) is 20.3 Å². The van der Waals surface area contributed by atoms with Crippen LogP contribution >= 0.6 is 31.9 Å². The van der Waals surface area contributed by atoms with Gasteiger partial charge < -0.3 is 5.73 Å². The third kappa shape index (κ3) is 3.18. The maximum Gasteiger partial charge on any atom is 0.276 e. The molecule has 0 radical (unpaired) electrons. The quantitative estimate of drug-likeness (QED) is 0.565. The normalized spacial score (nSPS) is 10.5. The molecule has 3 aromatic heterocycles. The van der Waals surface area contributed by atoms with Crippen LogP contribution in [0.3, 0.4) is 0 Å². The molecule has 112 valence electrons. The molecule has 0 saturated heterocycles. The highest BCUT2D eigenvalue weighted by atomic mass is 79.9. The van der Waals surface area contributed by atoms with Crippen LogP contribution in [0.1, 0.15) is 18.2 Å². The molecule has 3 heterocycles. The molecule has 3 aromatic rings. The number of hydrogen-bond acceptors (Lipinski definition) is 4. The van der Waals surface area contributed by atoms with Crippen molar-refractivity contribution in [3.63, 3.8) is 0 Å². The summed E-state index contributed by atoms with van der Waals surface area (Å²) in [6.07, 6.45) is 4.02. The first kappa shape index (κ1) is 15.8. The van der Waals surface area contributed by atoms with E-state index in [2.05, 4.69) is 52.1 Å². The van der Waals surface area contributed by atoms with E-state index >= 15 is 0 Å². The average Bonchev–Trinajstić information content (AvgIpc) is 2.99. The van der Waals surface area contributed by atoms with E-state index in [1.807, 2.05) is 13.8 Å². The Labute approximate surface area is 137 Å². The van der Waals surface area contributed by atoms with E-state index in [-0.39, 0.29) is 5.56 Å². The number of rotatable bonds is 1. The lowest BCUT2D eigenvalue weighted by molar-refractivity contribution is 0.853. The molecule has 0 atom stereocenters. The molecule has 4 N–H and O–H groups in total. The summed E-state index contributed by atoms with van der Waals surface area (Å²) in [5.74, 6) is 0.569. The van der Waals surface area contributed by atoms with E-state index in [4.69, 9.17) is 5.73 Å². The Morgan fingerprint density at radius 1 is 1.38 bits per heavy atom. The van der Waals surface area contributed by atoms with E-state index < -0.39 is 0 Å². The van der Waals surface area contributed by atoms with Gasteiger partial charge in [-0.25, -0.2) is 9.50 Å². The standard InChI is InChI=1S/C9H10BrN3O.C3H4BrN3/c1-3-6-5(2)12-8-7(10)4-11-13(8)9(6)14;4-2-1-6-7-3(2)5/h4,11H,3H2,1-2H3;1H,(H3,5,6,7). The lowest BCUT2D eigenvalue weighted by Crippen LogP contribution is -2.21. The summed E-state index contributed by atoms with van der Waals surface area (Å²) in [4.78, 5) is 16.2. The van der Waals surface area contributed by atoms with Crippen LogP contribution in [-0.2, 0) is 6.42 Å². The van der Waals surface area contributed by atoms with Gasteiger partial charge in [-0.3, -0.25) is 15.0 Å². The number of nitrogens with two attached hydrogens (primary N) is 1. The molecular weight excluding hydrogens is 404 g/mol. The Morgan fingerprint density at radius 2 is 2.10 bits per heavy atom. The first-order chi connectivity index (χ1) is 9.95. The molecule has 0 aliphatic heterocycles. The number of anilines is 1. The van der Waals surface area contributed by atoms with E-state index in [0.717, 1.165) is 20.2 Å². The second-order valence-electron chi connectivity index (χ2n) is 4.25. The number of aromatic amines is 2. The van der Waals surface area contributed by atoms with Crippen molar-refractivity contribution in [1.29, 1.82) is 0 Å². The molecule has 0 spiro atoms. The largest absolute Gasteiger partial charge is 0.383 e. The van der Waals surface area contributed by atoms with Gasteiger partial charge in [0, 0.05) is 17.5 Å². The van der Waals surface area contributed by atoms with Gasteiger partial charge in [0.05, 0.1) is 15.1 Å². The average molecular weight is 418 g/mol. The second kappa shape index (κ2) is 6.44. The smallest absolute Gasteiger partial charge is 0.276 e. The molecule has 0 bridgehead atoms. The molecule has 9 heteroatoms. The Morgan fingerprint density at radius 3 is 2.57 bits per heavy atom. The summed E-state index contributed by atoms with van der Waals surface area (Å²) in [6.45, 7) is 3.81. The van der Waals surface area contributed by atoms with Crippen LogP contribution in [0.15, 0.2) is 26.1 Å². The van der Waals surface area contributed by atoms with Gasteiger partial charge in [0.25, 0.3) is 5.56 Å². The number of aryl methyl sites for hydroxylation is 1. The van der Waals surface area contributed by atoms with Gasteiger partial charge in [0.1, 0.15) is 5.82 Å². The van der Waals surface area contributed by atoms with Crippen LogP contribution in [0.5, 0.6) is 0 Å². The van der Waals surface area contributed by atoms with Crippen molar-refractivity contribution >= 4 is 43.3 Å². The highest BCUT2D eigenvalue weighted by Gasteiger charge is 2.10. The Balaban J connectivity index is 0.000000194. The minimum absolute atomic E-state index is 0.0132. The zero-order valence-corrected chi connectivity index (χ0v) is 14.6. The van der Waals surface area contributed by atoms with Crippen molar-refractivity contribution in [3.8, 4) is 0 Å². The number of nitrogen functional groups attached to an aromatic ring is 1. The van der Waals surface area contributed by atoms with Gasteiger partial charge in [0.2, 0.25) is 0 Å². The SMILES string of the molecule is CCc1c(C)nc2c(Br)c[nH]n2c1=O.Nc1[nH]ncc1Br. The van der Waals surface area contributed by atoms with Crippen LogP contribution in [0, 0.1) is 6.92 Å². The third-order valence-corrected chi connectivity index (χ3v) is 4.11. The van der Waals surface area contributed by atoms with E-state index in [1.165, 1.54) is 4.52 Å². The predicted octanol–water partition coefficient (Wildman–Crippen LogP) is 2.41. The molecule has 0 saturated carbocycles. The second-order valence-corrected chi connectivity index (χ2v) is 5.96. The van der Waals surface area contributed by atoms with Crippen LogP contribution in [0.2, 0.25) is 0 Å². The Bertz CT molecular complexity index is 802. The Hall–Kier alpha value is -1.61. The fourth-order valence-corrected chi connectivity index (χ4v) is 2.38. The van der Waals surface area contributed by atoms with Gasteiger partial charge in [-0.05, 0) is 45.2 Å². The van der Waals surface area contributed by atoms with Crippen molar-refractivity contribution in [1.82, 2.24) is 24.8 Å². The molecule has 0 aliphatic carbocycles. The number of halogens is 2. The zero-order chi connectivity index (χ0) is 15.6. The summed E-state index contributed by atoms with van der Waals surface area (Å²) >= 11 is 6.47. The summed E-state index contributed by atoms with van der Waals surface area (Å²) < 4.78 is 3.07. The minimum Gasteiger partial charge on any atom is -0.383 e. The van der Waals surface area contributed by atoms with E-state index in [9.17, 15) is 4.79 Å². The highest BCUT2D eigenvalue weighted by Crippen LogP contribution is 2.14. The summed E-state index contributed by atoms with van der Waals surface area (Å²) in [5.41, 5.74) is 7.47. The maximum atomic E-state index is 11.9. The van der Waals surface area contributed by atoms with Gasteiger partial charge in [-0.15, -0.1) is 0 Å². The minimum atomic E-state index is -0.0132. The molecule has 0 amide bonds. The molecule has 21 heavy (non-hydrogen) atoms. The fraction of sp³-hybridized carbons (Fsp3) is 0.250. The molecule has 0 fully saturated rings. The molecule has 0 aliphatic rings. The molecule has 7 nitrogen and oxygen atoms in total. The first-order valence-electron chi connectivity index (χ1n) is 6.15. The number of fused-ring (bicyclic) bond motifs is 1. The van der Waals surface area contributed by atoms with Crippen LogP contribution < -0.4 is 11.3 Å². The number of nitrogens with one attached hydrogen (secondary N) is 2. The van der Waals surface area contributed by atoms with Gasteiger partial charge in [-0.1, -0.05) is 6.92 Å². The molecular formula is C12H14Br2N6O. The van der Waals surface area contributed by atoms with Gasteiger partial charge in [-0.2, -0.15) is 5.10 Å². The number of H-pyrrole nitrogens is 2. The van der Waals surface area contributed by atoms with Crippen molar-refractivity contribution in [3.05, 3.63) is 43.0 Å². The van der Waals surface area contributed by atoms with Crippen molar-refractivity contribution in [2.24, 2.45) is 0 Å². The fourth-order valence-electron chi connectivity index (χ4n) is 1.82. The summed E-state index contributed by atoms with van der Waals surface area (Å²) in [6, 6.07) is 0. The van der Waals surface area contributed by atoms with Crippen molar-refractivity contribution in [2.75, 3.05) is 5.73 Å². The number of aromatic nitrogens is 5. The van der Waals surface area contributed by atoms with Crippen LogP contribution in [-0.4, -0.2) is 24.8 Å². The molecule has 0 aromatic carbocycles. The topological polar surface area (TPSA) is 105 Å². The monoisotopic (exact) mass is 416 g/mol. The first-order valence-corrected chi connectivity index (χ1v) is 7.73. The lowest BCUT2D eigenvalue weighted by Gasteiger charge is -2.01. The van der Waals surface area contributed by atoms with Crippen LogP contribution in [0.4, 0.5) is 5.82 Å². The maximum absolute atomic E-state index is 11.9. The Kier molecular flexibility index (Phi) is 4.84. The van der Waals surface area contributed by atoms with Gasteiger partial charge >= 0.3 is 0 Å². The summed E-state index contributed by atoms with van der Waals surface area (Å²) in [5, 5.41) is 9.03. The van der Waals surface area contributed by atoms with Gasteiger partial charge in [0.15, 0.2) is 5.65 Å². The number of nitrogens with zero attached hydrogens (tertiary/aromatic N) is 3. The predicted molar refractivity (Wildman–Crippen MR) is 88.3 cm³/mol.